The van der Waals surface area contributed by atoms with Crippen molar-refractivity contribution in [2.75, 3.05) is 11.1 Å². The van der Waals surface area contributed by atoms with Crippen molar-refractivity contribution in [2.24, 2.45) is 5.73 Å². The van der Waals surface area contributed by atoms with Gasteiger partial charge in [0.05, 0.1) is 0 Å². The second kappa shape index (κ2) is 4.37. The number of hydrogen-bond acceptors (Lipinski definition) is 3. The fourth-order valence-corrected chi connectivity index (χ4v) is 3.31. The molecule has 2 rings (SSSR count). The SMILES string of the molecule is CC1CC(Nc2ccccc2)(C(N)=O)CS1. The van der Waals surface area contributed by atoms with Gasteiger partial charge in [-0.15, -0.1) is 0 Å². The number of rotatable bonds is 3. The molecule has 86 valence electrons. The van der Waals surface area contributed by atoms with Crippen molar-refractivity contribution in [3.63, 3.8) is 0 Å². The van der Waals surface area contributed by atoms with Crippen LogP contribution in [-0.4, -0.2) is 22.4 Å². The van der Waals surface area contributed by atoms with Crippen LogP contribution in [0.15, 0.2) is 30.3 Å². The van der Waals surface area contributed by atoms with Crippen LogP contribution in [0.3, 0.4) is 0 Å². The number of hydrogen-bond donors (Lipinski definition) is 2. The summed E-state index contributed by atoms with van der Waals surface area (Å²) in [5.41, 5.74) is 5.90. The molecule has 0 spiro atoms. The molecule has 1 aliphatic heterocycles. The molecule has 1 aliphatic rings. The molecule has 0 bridgehead atoms. The zero-order chi connectivity index (χ0) is 11.6. The van der Waals surface area contributed by atoms with E-state index in [9.17, 15) is 4.79 Å². The van der Waals surface area contributed by atoms with Gasteiger partial charge in [-0.05, 0) is 18.6 Å². The number of nitrogens with one attached hydrogen (secondary N) is 1. The molecule has 1 aromatic carbocycles. The largest absolute Gasteiger partial charge is 0.371 e. The standard InChI is InChI=1S/C12H16N2OS/c1-9-7-12(8-16-9,11(13)15)14-10-5-3-2-4-6-10/h2-6,9,14H,7-8H2,1H3,(H2,13,15). The van der Waals surface area contributed by atoms with Crippen LogP contribution in [0, 0.1) is 0 Å². The molecule has 16 heavy (non-hydrogen) atoms. The van der Waals surface area contributed by atoms with Gasteiger partial charge in [0.25, 0.3) is 0 Å². The van der Waals surface area contributed by atoms with Crippen LogP contribution < -0.4 is 11.1 Å². The summed E-state index contributed by atoms with van der Waals surface area (Å²) < 4.78 is 0. The summed E-state index contributed by atoms with van der Waals surface area (Å²) in [4.78, 5) is 11.6. The van der Waals surface area contributed by atoms with E-state index in [1.165, 1.54) is 0 Å². The molecule has 1 saturated heterocycles. The highest BCUT2D eigenvalue weighted by Crippen LogP contribution is 2.36. The van der Waals surface area contributed by atoms with Gasteiger partial charge in [0.15, 0.2) is 0 Å². The highest BCUT2D eigenvalue weighted by atomic mass is 32.2. The van der Waals surface area contributed by atoms with Gasteiger partial charge in [0.2, 0.25) is 5.91 Å². The van der Waals surface area contributed by atoms with Gasteiger partial charge in [-0.2, -0.15) is 11.8 Å². The summed E-state index contributed by atoms with van der Waals surface area (Å²) in [6, 6.07) is 9.76. The average Bonchev–Trinajstić information content (AvgIpc) is 2.63. The van der Waals surface area contributed by atoms with Crippen molar-refractivity contribution in [1.29, 1.82) is 0 Å². The Balaban J connectivity index is 2.19. The molecule has 2 unspecified atom stereocenters. The maximum Gasteiger partial charge on any atom is 0.244 e. The molecule has 1 amide bonds. The van der Waals surface area contributed by atoms with Crippen LogP contribution in [0.1, 0.15) is 13.3 Å². The Morgan fingerprint density at radius 3 is 2.69 bits per heavy atom. The fourth-order valence-electron chi connectivity index (χ4n) is 2.01. The second-order valence-electron chi connectivity index (χ2n) is 4.26. The van der Waals surface area contributed by atoms with Crippen LogP contribution in [0.5, 0.6) is 0 Å². The van der Waals surface area contributed by atoms with E-state index < -0.39 is 5.54 Å². The summed E-state index contributed by atoms with van der Waals surface area (Å²) in [7, 11) is 0. The molecule has 3 N–H and O–H groups in total. The van der Waals surface area contributed by atoms with E-state index in [1.54, 1.807) is 11.8 Å². The minimum absolute atomic E-state index is 0.256. The predicted molar refractivity (Wildman–Crippen MR) is 68.5 cm³/mol. The maximum atomic E-state index is 11.6. The average molecular weight is 236 g/mol. The molecular formula is C12H16N2OS. The molecule has 1 aromatic rings. The van der Waals surface area contributed by atoms with Gasteiger partial charge >= 0.3 is 0 Å². The van der Waals surface area contributed by atoms with Crippen molar-refractivity contribution in [2.45, 2.75) is 24.1 Å². The number of amides is 1. The van der Waals surface area contributed by atoms with E-state index in [-0.39, 0.29) is 5.91 Å². The summed E-state index contributed by atoms with van der Waals surface area (Å²) in [6.07, 6.45) is 0.794. The number of para-hydroxylation sites is 1. The Morgan fingerprint density at radius 2 is 2.19 bits per heavy atom. The van der Waals surface area contributed by atoms with E-state index in [0.29, 0.717) is 5.25 Å². The van der Waals surface area contributed by atoms with Crippen LogP contribution in [0.4, 0.5) is 5.69 Å². The van der Waals surface area contributed by atoms with Gasteiger partial charge in [0, 0.05) is 16.7 Å². The number of primary amides is 1. The number of thioether (sulfide) groups is 1. The molecular weight excluding hydrogens is 220 g/mol. The summed E-state index contributed by atoms with van der Waals surface area (Å²) in [6.45, 7) is 2.13. The number of carbonyl (C=O) groups is 1. The van der Waals surface area contributed by atoms with E-state index in [1.807, 2.05) is 30.3 Å². The molecule has 3 nitrogen and oxygen atoms in total. The van der Waals surface area contributed by atoms with Crippen LogP contribution >= 0.6 is 11.8 Å². The van der Waals surface area contributed by atoms with Crippen molar-refractivity contribution in [1.82, 2.24) is 0 Å². The first kappa shape index (κ1) is 11.3. The Kier molecular flexibility index (Phi) is 3.10. The number of anilines is 1. The van der Waals surface area contributed by atoms with Crippen molar-refractivity contribution < 1.29 is 4.79 Å². The summed E-state index contributed by atoms with van der Waals surface area (Å²) >= 11 is 1.79. The lowest BCUT2D eigenvalue weighted by Crippen LogP contribution is -2.51. The van der Waals surface area contributed by atoms with Gasteiger partial charge in [-0.25, -0.2) is 0 Å². The van der Waals surface area contributed by atoms with E-state index in [2.05, 4.69) is 12.2 Å². The van der Waals surface area contributed by atoms with Crippen LogP contribution in [-0.2, 0) is 4.79 Å². The van der Waals surface area contributed by atoms with E-state index >= 15 is 0 Å². The van der Waals surface area contributed by atoms with Crippen LogP contribution in [0.2, 0.25) is 0 Å². The fraction of sp³-hybridized carbons (Fsp3) is 0.417. The summed E-state index contributed by atoms with van der Waals surface area (Å²) in [5, 5.41) is 3.76. The van der Waals surface area contributed by atoms with Gasteiger partial charge in [0.1, 0.15) is 5.54 Å². The minimum atomic E-state index is -0.578. The quantitative estimate of drug-likeness (QED) is 0.842. The topological polar surface area (TPSA) is 55.1 Å². The molecule has 0 saturated carbocycles. The monoisotopic (exact) mass is 236 g/mol. The highest BCUT2D eigenvalue weighted by Gasteiger charge is 2.43. The van der Waals surface area contributed by atoms with E-state index in [4.69, 9.17) is 5.73 Å². The molecule has 0 radical (unpaired) electrons. The third kappa shape index (κ3) is 2.16. The Morgan fingerprint density at radius 1 is 1.50 bits per heavy atom. The lowest BCUT2D eigenvalue weighted by atomic mass is 9.95. The highest BCUT2D eigenvalue weighted by molar-refractivity contribution is 8.00. The van der Waals surface area contributed by atoms with Crippen molar-refractivity contribution in [3.8, 4) is 0 Å². The number of nitrogens with two attached hydrogens (primary N) is 1. The van der Waals surface area contributed by atoms with Gasteiger partial charge in [-0.3, -0.25) is 4.79 Å². The third-order valence-electron chi connectivity index (χ3n) is 2.88. The first-order valence-electron chi connectivity index (χ1n) is 5.37. The molecule has 0 aliphatic carbocycles. The minimum Gasteiger partial charge on any atom is -0.371 e. The Labute approximate surface area is 99.8 Å². The lowest BCUT2D eigenvalue weighted by Gasteiger charge is -2.27. The third-order valence-corrected chi connectivity index (χ3v) is 4.27. The van der Waals surface area contributed by atoms with Crippen LogP contribution in [0.25, 0.3) is 0 Å². The van der Waals surface area contributed by atoms with Gasteiger partial charge in [-0.1, -0.05) is 25.1 Å². The lowest BCUT2D eigenvalue weighted by molar-refractivity contribution is -0.121. The summed E-state index contributed by atoms with van der Waals surface area (Å²) in [5.74, 6) is 0.492. The van der Waals surface area contributed by atoms with Crippen molar-refractivity contribution in [3.05, 3.63) is 30.3 Å². The zero-order valence-electron chi connectivity index (χ0n) is 9.27. The molecule has 4 heteroatoms. The molecule has 0 aromatic heterocycles. The predicted octanol–water partition coefficient (Wildman–Crippen LogP) is 1.85. The zero-order valence-corrected chi connectivity index (χ0v) is 10.1. The molecule has 2 atom stereocenters. The molecule has 1 fully saturated rings. The first-order chi connectivity index (χ1) is 7.62. The second-order valence-corrected chi connectivity index (χ2v) is 5.69. The maximum absolute atomic E-state index is 11.6. The molecule has 1 heterocycles. The number of benzene rings is 1. The van der Waals surface area contributed by atoms with Crippen molar-refractivity contribution >= 4 is 23.4 Å². The Bertz CT molecular complexity index is 382. The van der Waals surface area contributed by atoms with Gasteiger partial charge < -0.3 is 11.1 Å². The van der Waals surface area contributed by atoms with E-state index in [0.717, 1.165) is 17.9 Å². The smallest absolute Gasteiger partial charge is 0.244 e. The number of carbonyl (C=O) groups excluding carboxylic acids is 1. The Hall–Kier alpha value is -1.16. The first-order valence-corrected chi connectivity index (χ1v) is 6.42. The normalized spacial score (nSPS) is 28.9.